The molecule has 0 radical (unpaired) electrons. The first kappa shape index (κ1) is 26.5. The van der Waals surface area contributed by atoms with Crippen molar-refractivity contribution in [2.75, 3.05) is 19.5 Å². The van der Waals surface area contributed by atoms with Crippen LogP contribution in [0.1, 0.15) is 41.1 Å². The standard InChI is InChI=1S/C30H30N4O4S/c1-18-5-9-20(10-6-18)23-16-25(21-11-7-19(2)8-12-21)34(33-23)30-32-29(36)27(39-30)17-28(35)31-24-15-22(37-3)13-14-26(24)38-4/h5-15,25,27H,16-17H2,1-4H3,(H,31,35)/t25-,27+/m0/s1. The van der Waals surface area contributed by atoms with Gasteiger partial charge in [-0.2, -0.15) is 10.1 Å². The van der Waals surface area contributed by atoms with Gasteiger partial charge in [-0.3, -0.25) is 9.59 Å². The van der Waals surface area contributed by atoms with E-state index in [1.54, 1.807) is 25.3 Å². The van der Waals surface area contributed by atoms with Crippen LogP contribution in [-0.4, -0.2) is 47.2 Å². The van der Waals surface area contributed by atoms with E-state index in [0.717, 1.165) is 16.8 Å². The quantitative estimate of drug-likeness (QED) is 0.424. The van der Waals surface area contributed by atoms with Crippen molar-refractivity contribution < 1.29 is 19.1 Å². The molecule has 0 saturated carbocycles. The molecule has 39 heavy (non-hydrogen) atoms. The number of methoxy groups -OCH3 is 2. The number of amides is 2. The highest BCUT2D eigenvalue weighted by Crippen LogP contribution is 2.39. The Labute approximate surface area is 232 Å². The fourth-order valence-electron chi connectivity index (χ4n) is 4.54. The number of rotatable bonds is 7. The highest BCUT2D eigenvalue weighted by atomic mass is 32.2. The molecule has 9 heteroatoms. The summed E-state index contributed by atoms with van der Waals surface area (Å²) in [6.07, 6.45) is 0.648. The van der Waals surface area contributed by atoms with Gasteiger partial charge < -0.3 is 14.8 Å². The Morgan fingerprint density at radius 3 is 2.36 bits per heavy atom. The number of hydrogen-bond acceptors (Lipinski definition) is 7. The molecule has 3 aromatic carbocycles. The number of anilines is 1. The lowest BCUT2D eigenvalue weighted by Crippen LogP contribution is -2.25. The molecule has 8 nitrogen and oxygen atoms in total. The Morgan fingerprint density at radius 1 is 1.00 bits per heavy atom. The summed E-state index contributed by atoms with van der Waals surface area (Å²) < 4.78 is 10.6. The number of carbonyl (C=O) groups is 2. The van der Waals surface area contributed by atoms with Gasteiger partial charge in [0.05, 0.1) is 31.7 Å². The number of nitrogens with one attached hydrogen (secondary N) is 1. The number of ether oxygens (including phenoxy) is 2. The molecule has 2 aliphatic rings. The zero-order valence-corrected chi connectivity index (χ0v) is 23.1. The Hall–Kier alpha value is -4.11. The van der Waals surface area contributed by atoms with Gasteiger partial charge in [0, 0.05) is 18.9 Å². The SMILES string of the molecule is COc1ccc(OC)c(NC(=O)C[C@H]2SC(N3N=C(c4ccc(C)cc4)C[C@H]3c3ccc(C)cc3)=NC2=O)c1. The van der Waals surface area contributed by atoms with Crippen LogP contribution in [0.4, 0.5) is 5.69 Å². The minimum atomic E-state index is -0.645. The van der Waals surface area contributed by atoms with Gasteiger partial charge >= 0.3 is 0 Å². The second-order valence-electron chi connectivity index (χ2n) is 9.55. The summed E-state index contributed by atoms with van der Waals surface area (Å²) in [5.74, 6) is 0.428. The zero-order valence-electron chi connectivity index (χ0n) is 22.3. The van der Waals surface area contributed by atoms with Gasteiger partial charge in [-0.15, -0.1) is 0 Å². The van der Waals surface area contributed by atoms with Crippen LogP contribution in [0.2, 0.25) is 0 Å². The maximum atomic E-state index is 12.9. The topological polar surface area (TPSA) is 92.6 Å². The van der Waals surface area contributed by atoms with Crippen molar-refractivity contribution in [1.82, 2.24) is 5.01 Å². The molecule has 1 N–H and O–H groups in total. The lowest BCUT2D eigenvalue weighted by Gasteiger charge is -2.23. The Kier molecular flexibility index (Phi) is 7.70. The molecule has 0 spiro atoms. The minimum Gasteiger partial charge on any atom is -0.497 e. The first-order valence-corrected chi connectivity index (χ1v) is 13.5. The van der Waals surface area contributed by atoms with E-state index in [4.69, 9.17) is 14.6 Å². The number of benzene rings is 3. The maximum absolute atomic E-state index is 12.9. The number of aryl methyl sites for hydroxylation is 2. The molecule has 5 rings (SSSR count). The van der Waals surface area contributed by atoms with Gasteiger partial charge in [-0.1, -0.05) is 71.4 Å². The number of aliphatic imine (C=N–C) groups is 1. The van der Waals surface area contributed by atoms with E-state index in [0.29, 0.717) is 28.8 Å². The molecule has 0 unspecified atom stereocenters. The minimum absolute atomic E-state index is 0.0333. The second kappa shape index (κ2) is 11.3. The number of nitrogens with zero attached hydrogens (tertiary/aromatic N) is 3. The summed E-state index contributed by atoms with van der Waals surface area (Å²) in [7, 11) is 3.08. The molecule has 0 saturated heterocycles. The van der Waals surface area contributed by atoms with Crippen molar-refractivity contribution in [3.63, 3.8) is 0 Å². The molecular formula is C30H30N4O4S. The first-order chi connectivity index (χ1) is 18.8. The van der Waals surface area contributed by atoms with Crippen molar-refractivity contribution in [3.05, 3.63) is 89.0 Å². The average Bonchev–Trinajstić information content (AvgIpc) is 3.53. The van der Waals surface area contributed by atoms with Crippen LogP contribution in [0, 0.1) is 13.8 Å². The monoisotopic (exact) mass is 542 g/mol. The molecule has 2 aliphatic heterocycles. The van der Waals surface area contributed by atoms with E-state index in [2.05, 4.69) is 72.7 Å². The number of hydrogen-bond donors (Lipinski definition) is 1. The molecule has 0 bridgehead atoms. The van der Waals surface area contributed by atoms with E-state index in [9.17, 15) is 9.59 Å². The van der Waals surface area contributed by atoms with Gasteiger partial charge in [-0.05, 0) is 37.1 Å². The van der Waals surface area contributed by atoms with Crippen LogP contribution >= 0.6 is 11.8 Å². The highest BCUT2D eigenvalue weighted by molar-refractivity contribution is 8.15. The third kappa shape index (κ3) is 5.83. The predicted molar refractivity (Wildman–Crippen MR) is 155 cm³/mol. The third-order valence-electron chi connectivity index (χ3n) is 6.73. The molecule has 0 fully saturated rings. The fourth-order valence-corrected chi connectivity index (χ4v) is 5.60. The number of thioether (sulfide) groups is 1. The smallest absolute Gasteiger partial charge is 0.262 e. The molecule has 2 atom stereocenters. The second-order valence-corrected chi connectivity index (χ2v) is 10.7. The Balaban J connectivity index is 1.34. The van der Waals surface area contributed by atoms with E-state index in [1.165, 1.54) is 30.0 Å². The Morgan fingerprint density at radius 2 is 1.69 bits per heavy atom. The van der Waals surface area contributed by atoms with Crippen molar-refractivity contribution >= 4 is 40.1 Å². The largest absolute Gasteiger partial charge is 0.497 e. The Bertz CT molecular complexity index is 1450. The van der Waals surface area contributed by atoms with Crippen LogP contribution < -0.4 is 14.8 Å². The van der Waals surface area contributed by atoms with Gasteiger partial charge in [0.2, 0.25) is 5.91 Å². The summed E-state index contributed by atoms with van der Waals surface area (Å²) in [6.45, 7) is 4.11. The number of amidine groups is 1. The van der Waals surface area contributed by atoms with Gasteiger partial charge in [-0.25, -0.2) is 5.01 Å². The van der Waals surface area contributed by atoms with E-state index in [-0.39, 0.29) is 24.3 Å². The number of hydrazone groups is 1. The van der Waals surface area contributed by atoms with Gasteiger partial charge in [0.1, 0.15) is 16.7 Å². The van der Waals surface area contributed by atoms with E-state index >= 15 is 0 Å². The normalized spacial score (nSPS) is 18.6. The van der Waals surface area contributed by atoms with Crippen molar-refractivity contribution in [3.8, 4) is 11.5 Å². The molecule has 200 valence electrons. The summed E-state index contributed by atoms with van der Waals surface area (Å²) in [6, 6.07) is 21.6. The van der Waals surface area contributed by atoms with Crippen LogP contribution in [0.15, 0.2) is 76.8 Å². The third-order valence-corrected chi connectivity index (χ3v) is 7.88. The molecular weight excluding hydrogens is 512 g/mol. The summed E-state index contributed by atoms with van der Waals surface area (Å²) in [5.41, 5.74) is 5.89. The molecule has 2 amide bonds. The summed E-state index contributed by atoms with van der Waals surface area (Å²) >= 11 is 1.28. The highest BCUT2D eigenvalue weighted by Gasteiger charge is 2.39. The zero-order chi connectivity index (χ0) is 27.5. The lowest BCUT2D eigenvalue weighted by molar-refractivity contribution is -0.121. The van der Waals surface area contributed by atoms with Crippen LogP contribution in [0.5, 0.6) is 11.5 Å². The van der Waals surface area contributed by atoms with Crippen molar-refractivity contribution in [2.24, 2.45) is 10.1 Å². The lowest BCUT2D eigenvalue weighted by atomic mass is 9.97. The fraction of sp³-hybridized carbons (Fsp3) is 0.267. The van der Waals surface area contributed by atoms with Crippen LogP contribution in [0.25, 0.3) is 0 Å². The maximum Gasteiger partial charge on any atom is 0.262 e. The van der Waals surface area contributed by atoms with Gasteiger partial charge in [0.25, 0.3) is 5.91 Å². The summed E-state index contributed by atoms with van der Waals surface area (Å²) in [4.78, 5) is 30.2. The van der Waals surface area contributed by atoms with Crippen molar-refractivity contribution in [2.45, 2.75) is 38.0 Å². The van der Waals surface area contributed by atoms with Crippen LogP contribution in [-0.2, 0) is 9.59 Å². The van der Waals surface area contributed by atoms with Gasteiger partial charge in [0.15, 0.2) is 5.17 Å². The van der Waals surface area contributed by atoms with Crippen LogP contribution in [0.3, 0.4) is 0 Å². The van der Waals surface area contributed by atoms with E-state index < -0.39 is 5.25 Å². The average molecular weight is 543 g/mol. The molecule has 0 aromatic heterocycles. The predicted octanol–water partition coefficient (Wildman–Crippen LogP) is 5.50. The summed E-state index contributed by atoms with van der Waals surface area (Å²) in [5, 5.41) is 9.46. The van der Waals surface area contributed by atoms with E-state index in [1.807, 2.05) is 5.01 Å². The molecule has 2 heterocycles. The van der Waals surface area contributed by atoms with Crippen molar-refractivity contribution in [1.29, 1.82) is 0 Å². The number of carbonyl (C=O) groups excluding carboxylic acids is 2. The molecule has 0 aliphatic carbocycles. The first-order valence-electron chi connectivity index (χ1n) is 12.7. The molecule has 3 aromatic rings.